The normalized spacial score (nSPS) is 15.1. The lowest BCUT2D eigenvalue weighted by Crippen LogP contribution is -2.05. The number of para-hydroxylation sites is 1. The Labute approximate surface area is 115 Å². The van der Waals surface area contributed by atoms with Gasteiger partial charge in [0, 0.05) is 0 Å². The molecule has 0 aliphatic heterocycles. The van der Waals surface area contributed by atoms with Gasteiger partial charge in [-0.25, -0.2) is 4.68 Å². The van der Waals surface area contributed by atoms with Gasteiger partial charge in [-0.05, 0) is 36.5 Å². The van der Waals surface area contributed by atoms with Crippen molar-refractivity contribution in [3.63, 3.8) is 0 Å². The fourth-order valence-electron chi connectivity index (χ4n) is 2.16. The van der Waals surface area contributed by atoms with Crippen LogP contribution in [-0.4, -0.2) is 14.9 Å². The van der Waals surface area contributed by atoms with E-state index in [1.165, 1.54) is 0 Å². The summed E-state index contributed by atoms with van der Waals surface area (Å²) in [4.78, 5) is 0. The first-order valence-electron chi connectivity index (χ1n) is 5.84. The maximum absolute atomic E-state index is 9.56. The standard InChI is InChI=1S/C13H12Cl2N2O/c14-10-2-1-3-11(15)13(10)17-12(7-18)9(6-16-17)8-4-5-8/h1-3,6,8,18H,4-5,7H2. The molecule has 1 aliphatic rings. The zero-order valence-electron chi connectivity index (χ0n) is 9.61. The number of aliphatic hydroxyl groups excluding tert-OH is 1. The minimum Gasteiger partial charge on any atom is -0.390 e. The van der Waals surface area contributed by atoms with Gasteiger partial charge in [-0.3, -0.25) is 0 Å². The molecule has 0 bridgehead atoms. The molecule has 1 heterocycles. The van der Waals surface area contributed by atoms with E-state index in [2.05, 4.69) is 5.10 Å². The first-order chi connectivity index (χ1) is 8.72. The summed E-state index contributed by atoms with van der Waals surface area (Å²) in [5, 5.41) is 14.9. The largest absolute Gasteiger partial charge is 0.390 e. The van der Waals surface area contributed by atoms with Gasteiger partial charge < -0.3 is 5.11 Å². The predicted molar refractivity (Wildman–Crippen MR) is 71.5 cm³/mol. The van der Waals surface area contributed by atoms with Gasteiger partial charge in [0.15, 0.2) is 0 Å². The third-order valence-electron chi connectivity index (χ3n) is 3.22. The number of rotatable bonds is 3. The zero-order valence-corrected chi connectivity index (χ0v) is 11.1. The van der Waals surface area contributed by atoms with E-state index in [1.54, 1.807) is 22.9 Å². The Morgan fingerprint density at radius 2 is 1.94 bits per heavy atom. The number of aromatic nitrogens is 2. The van der Waals surface area contributed by atoms with E-state index >= 15 is 0 Å². The van der Waals surface area contributed by atoms with E-state index in [0.717, 1.165) is 24.1 Å². The Morgan fingerprint density at radius 3 is 2.50 bits per heavy atom. The molecule has 2 aromatic rings. The third-order valence-corrected chi connectivity index (χ3v) is 3.83. The van der Waals surface area contributed by atoms with Gasteiger partial charge in [0.05, 0.1) is 28.5 Å². The number of benzene rings is 1. The second-order valence-electron chi connectivity index (χ2n) is 4.46. The fraction of sp³-hybridized carbons (Fsp3) is 0.308. The van der Waals surface area contributed by atoms with Crippen LogP contribution in [0.1, 0.15) is 30.0 Å². The summed E-state index contributed by atoms with van der Waals surface area (Å²) in [6, 6.07) is 5.32. The van der Waals surface area contributed by atoms with Gasteiger partial charge in [-0.2, -0.15) is 5.10 Å². The molecule has 1 aromatic heterocycles. The molecular weight excluding hydrogens is 271 g/mol. The average molecular weight is 283 g/mol. The molecule has 3 rings (SSSR count). The quantitative estimate of drug-likeness (QED) is 0.935. The SMILES string of the molecule is OCc1c(C2CC2)cnn1-c1c(Cl)cccc1Cl. The first-order valence-corrected chi connectivity index (χ1v) is 6.60. The van der Waals surface area contributed by atoms with Crippen molar-refractivity contribution in [2.75, 3.05) is 0 Å². The van der Waals surface area contributed by atoms with Gasteiger partial charge in [0.2, 0.25) is 0 Å². The molecule has 0 unspecified atom stereocenters. The molecule has 0 amide bonds. The summed E-state index contributed by atoms with van der Waals surface area (Å²) in [7, 11) is 0. The van der Waals surface area contributed by atoms with Crippen LogP contribution >= 0.6 is 23.2 Å². The summed E-state index contributed by atoms with van der Waals surface area (Å²) < 4.78 is 1.65. The highest BCUT2D eigenvalue weighted by molar-refractivity contribution is 6.37. The number of hydrogen-bond donors (Lipinski definition) is 1. The second-order valence-corrected chi connectivity index (χ2v) is 5.28. The van der Waals surface area contributed by atoms with Gasteiger partial charge in [0.1, 0.15) is 5.69 Å². The van der Waals surface area contributed by atoms with Crippen molar-refractivity contribution in [2.24, 2.45) is 0 Å². The Bertz CT molecular complexity index is 570. The van der Waals surface area contributed by atoms with E-state index in [4.69, 9.17) is 23.2 Å². The van der Waals surface area contributed by atoms with Crippen LogP contribution in [0.4, 0.5) is 0 Å². The minimum atomic E-state index is -0.0621. The van der Waals surface area contributed by atoms with E-state index in [9.17, 15) is 5.11 Å². The summed E-state index contributed by atoms with van der Waals surface area (Å²) in [6.45, 7) is -0.0621. The number of halogens is 2. The van der Waals surface area contributed by atoms with Crippen LogP contribution in [0.5, 0.6) is 0 Å². The second kappa shape index (κ2) is 4.57. The fourth-order valence-corrected chi connectivity index (χ4v) is 2.72. The smallest absolute Gasteiger partial charge is 0.102 e. The number of aliphatic hydroxyl groups is 1. The Morgan fingerprint density at radius 1 is 1.28 bits per heavy atom. The summed E-state index contributed by atoms with van der Waals surface area (Å²) in [5.74, 6) is 0.530. The maximum Gasteiger partial charge on any atom is 0.102 e. The van der Waals surface area contributed by atoms with Crippen molar-refractivity contribution in [2.45, 2.75) is 25.4 Å². The highest BCUT2D eigenvalue weighted by atomic mass is 35.5. The van der Waals surface area contributed by atoms with E-state index < -0.39 is 0 Å². The van der Waals surface area contributed by atoms with E-state index in [1.807, 2.05) is 6.20 Å². The first kappa shape index (κ1) is 12.0. The van der Waals surface area contributed by atoms with Crippen LogP contribution in [-0.2, 0) is 6.61 Å². The van der Waals surface area contributed by atoms with Crippen LogP contribution in [0.2, 0.25) is 10.0 Å². The molecule has 94 valence electrons. The molecule has 1 saturated carbocycles. The van der Waals surface area contributed by atoms with Gasteiger partial charge >= 0.3 is 0 Å². The van der Waals surface area contributed by atoms with Crippen molar-refractivity contribution in [1.82, 2.24) is 9.78 Å². The summed E-state index contributed by atoms with van der Waals surface area (Å²) >= 11 is 12.3. The van der Waals surface area contributed by atoms with E-state index in [0.29, 0.717) is 21.7 Å². The monoisotopic (exact) mass is 282 g/mol. The molecule has 1 aromatic carbocycles. The maximum atomic E-state index is 9.56. The highest BCUT2D eigenvalue weighted by Crippen LogP contribution is 2.42. The zero-order chi connectivity index (χ0) is 12.7. The van der Waals surface area contributed by atoms with Crippen LogP contribution in [0.3, 0.4) is 0 Å². The van der Waals surface area contributed by atoms with Crippen molar-refractivity contribution in [1.29, 1.82) is 0 Å². The molecular formula is C13H12Cl2N2O. The van der Waals surface area contributed by atoms with Gasteiger partial charge in [0.25, 0.3) is 0 Å². The van der Waals surface area contributed by atoms with Crippen molar-refractivity contribution in [3.8, 4) is 5.69 Å². The molecule has 1 fully saturated rings. The number of hydrogen-bond acceptors (Lipinski definition) is 2. The molecule has 3 nitrogen and oxygen atoms in total. The molecule has 1 aliphatic carbocycles. The predicted octanol–water partition coefficient (Wildman–Crippen LogP) is 3.55. The Hall–Kier alpha value is -1.03. The number of nitrogens with zero attached hydrogens (tertiary/aromatic N) is 2. The minimum absolute atomic E-state index is 0.0621. The lowest BCUT2D eigenvalue weighted by molar-refractivity contribution is 0.272. The summed E-state index contributed by atoms with van der Waals surface area (Å²) in [6.07, 6.45) is 4.13. The van der Waals surface area contributed by atoms with Crippen molar-refractivity contribution in [3.05, 3.63) is 45.7 Å². The third kappa shape index (κ3) is 1.92. The molecule has 5 heteroatoms. The van der Waals surface area contributed by atoms with Crippen molar-refractivity contribution < 1.29 is 5.11 Å². The van der Waals surface area contributed by atoms with Crippen LogP contribution in [0, 0.1) is 0 Å². The molecule has 0 spiro atoms. The Balaban J connectivity index is 2.16. The van der Waals surface area contributed by atoms with Crippen LogP contribution < -0.4 is 0 Å². The lowest BCUT2D eigenvalue weighted by Gasteiger charge is -2.10. The molecule has 1 N–H and O–H groups in total. The molecule has 0 radical (unpaired) electrons. The highest BCUT2D eigenvalue weighted by Gasteiger charge is 2.29. The summed E-state index contributed by atoms with van der Waals surface area (Å²) in [5.41, 5.74) is 2.53. The average Bonchev–Trinajstić information content (AvgIpc) is 3.10. The molecule has 0 atom stereocenters. The molecule has 18 heavy (non-hydrogen) atoms. The van der Waals surface area contributed by atoms with Gasteiger partial charge in [-0.1, -0.05) is 29.3 Å². The Kier molecular flexibility index (Phi) is 3.06. The van der Waals surface area contributed by atoms with E-state index in [-0.39, 0.29) is 6.61 Å². The topological polar surface area (TPSA) is 38.1 Å². The van der Waals surface area contributed by atoms with Crippen LogP contribution in [0.25, 0.3) is 5.69 Å². The van der Waals surface area contributed by atoms with Crippen LogP contribution in [0.15, 0.2) is 24.4 Å². The molecule has 0 saturated heterocycles. The lowest BCUT2D eigenvalue weighted by atomic mass is 10.1. The van der Waals surface area contributed by atoms with Gasteiger partial charge in [-0.15, -0.1) is 0 Å². The van der Waals surface area contributed by atoms with Crippen molar-refractivity contribution >= 4 is 23.2 Å².